The highest BCUT2D eigenvalue weighted by molar-refractivity contribution is 5.89. The quantitative estimate of drug-likeness (QED) is 0.698. The fourth-order valence-corrected chi connectivity index (χ4v) is 1.83. The second-order valence-electron chi connectivity index (χ2n) is 3.89. The highest BCUT2D eigenvalue weighted by atomic mass is 19.1. The molecule has 0 atom stereocenters. The zero-order valence-electron chi connectivity index (χ0n) is 8.63. The summed E-state index contributed by atoms with van der Waals surface area (Å²) < 4.78 is 17.8. The lowest BCUT2D eigenvalue weighted by molar-refractivity contribution is 0.0600. The van der Waals surface area contributed by atoms with E-state index in [1.54, 1.807) is 6.07 Å². The molecule has 1 aliphatic rings. The fraction of sp³-hybridized carbons (Fsp3) is 0.417. The van der Waals surface area contributed by atoms with E-state index >= 15 is 0 Å². The summed E-state index contributed by atoms with van der Waals surface area (Å²) in [5, 5.41) is 0. The number of carbonyl (C=O) groups is 1. The van der Waals surface area contributed by atoms with Crippen molar-refractivity contribution in [3.05, 3.63) is 35.1 Å². The topological polar surface area (TPSA) is 26.3 Å². The van der Waals surface area contributed by atoms with Crippen molar-refractivity contribution in [1.82, 2.24) is 0 Å². The Morgan fingerprint density at radius 1 is 1.40 bits per heavy atom. The van der Waals surface area contributed by atoms with Crippen molar-refractivity contribution in [1.29, 1.82) is 0 Å². The minimum Gasteiger partial charge on any atom is -0.465 e. The van der Waals surface area contributed by atoms with E-state index in [1.807, 2.05) is 0 Å². The molecule has 0 radical (unpaired) electrons. The van der Waals surface area contributed by atoms with Crippen LogP contribution in [0.3, 0.4) is 0 Å². The summed E-state index contributed by atoms with van der Waals surface area (Å²) in [6.45, 7) is 0. The summed E-state index contributed by atoms with van der Waals surface area (Å²) in [5.41, 5.74) is 1.22. The summed E-state index contributed by atoms with van der Waals surface area (Å²) in [6, 6.07) is 4.46. The van der Waals surface area contributed by atoms with Crippen LogP contribution in [0.15, 0.2) is 18.2 Å². The van der Waals surface area contributed by atoms with Crippen molar-refractivity contribution >= 4 is 5.97 Å². The van der Waals surface area contributed by atoms with Crippen molar-refractivity contribution in [2.75, 3.05) is 7.11 Å². The number of ether oxygens (including phenoxy) is 1. The Morgan fingerprint density at radius 3 is 2.67 bits per heavy atom. The minimum absolute atomic E-state index is 0.305. The molecule has 0 amide bonds. The number of benzene rings is 1. The highest BCUT2D eigenvalue weighted by Crippen LogP contribution is 2.36. The molecule has 0 saturated heterocycles. The van der Waals surface area contributed by atoms with Crippen LogP contribution in [0.5, 0.6) is 0 Å². The molecule has 0 aromatic heterocycles. The molecule has 2 nitrogen and oxygen atoms in total. The molecule has 0 unspecified atom stereocenters. The highest BCUT2D eigenvalue weighted by Gasteiger charge is 2.21. The van der Waals surface area contributed by atoms with E-state index in [-0.39, 0.29) is 5.82 Å². The van der Waals surface area contributed by atoms with Gasteiger partial charge in [-0.25, -0.2) is 9.18 Å². The number of rotatable bonds is 2. The van der Waals surface area contributed by atoms with Gasteiger partial charge in [-0.3, -0.25) is 0 Å². The second kappa shape index (κ2) is 4.01. The maximum atomic E-state index is 13.2. The lowest BCUT2D eigenvalue weighted by Gasteiger charge is -2.26. The van der Waals surface area contributed by atoms with Crippen LogP contribution in [0.2, 0.25) is 0 Å². The van der Waals surface area contributed by atoms with Gasteiger partial charge in [0.1, 0.15) is 5.82 Å². The number of esters is 1. The van der Waals surface area contributed by atoms with Crippen LogP contribution < -0.4 is 0 Å². The monoisotopic (exact) mass is 208 g/mol. The minimum atomic E-state index is -0.477. The number of hydrogen-bond acceptors (Lipinski definition) is 2. The molecule has 0 N–H and O–H groups in total. The first-order chi connectivity index (χ1) is 7.20. The summed E-state index contributed by atoms with van der Waals surface area (Å²) >= 11 is 0. The van der Waals surface area contributed by atoms with Crippen molar-refractivity contribution in [3.63, 3.8) is 0 Å². The van der Waals surface area contributed by atoms with Gasteiger partial charge in [0, 0.05) is 0 Å². The van der Waals surface area contributed by atoms with Crippen molar-refractivity contribution in [3.8, 4) is 0 Å². The number of carbonyl (C=O) groups excluding carboxylic acids is 1. The predicted molar refractivity (Wildman–Crippen MR) is 54.3 cm³/mol. The normalized spacial score (nSPS) is 15.9. The van der Waals surface area contributed by atoms with Gasteiger partial charge in [-0.15, -0.1) is 0 Å². The van der Waals surface area contributed by atoms with Gasteiger partial charge in [0.05, 0.1) is 12.7 Å². The first-order valence-electron chi connectivity index (χ1n) is 5.09. The third-order valence-electron chi connectivity index (χ3n) is 2.92. The van der Waals surface area contributed by atoms with Gasteiger partial charge in [-0.2, -0.15) is 0 Å². The second-order valence-corrected chi connectivity index (χ2v) is 3.89. The van der Waals surface area contributed by atoms with Crippen molar-refractivity contribution in [2.24, 2.45) is 0 Å². The molecular formula is C12H13FO2. The summed E-state index contributed by atoms with van der Waals surface area (Å²) in [7, 11) is 1.30. The lowest BCUT2D eigenvalue weighted by Crippen LogP contribution is -2.11. The van der Waals surface area contributed by atoms with Crippen molar-refractivity contribution in [2.45, 2.75) is 25.2 Å². The third kappa shape index (κ3) is 2.01. The Kier molecular flexibility index (Phi) is 2.71. The average Bonchev–Trinajstić information content (AvgIpc) is 2.13. The molecular weight excluding hydrogens is 195 g/mol. The summed E-state index contributed by atoms with van der Waals surface area (Å²) in [4.78, 5) is 11.3. The number of hydrogen-bond donors (Lipinski definition) is 0. The maximum absolute atomic E-state index is 13.2. The van der Waals surface area contributed by atoms with Gasteiger partial charge in [0.15, 0.2) is 0 Å². The van der Waals surface area contributed by atoms with Gasteiger partial charge in [0.2, 0.25) is 0 Å². The first kappa shape index (κ1) is 10.1. The Bertz CT molecular complexity index is 383. The van der Waals surface area contributed by atoms with E-state index in [2.05, 4.69) is 4.74 Å². The van der Waals surface area contributed by atoms with E-state index in [0.29, 0.717) is 11.5 Å². The summed E-state index contributed by atoms with van der Waals surface area (Å²) in [5.74, 6) is -0.418. The molecule has 1 fully saturated rings. The molecule has 0 spiro atoms. The van der Waals surface area contributed by atoms with Gasteiger partial charge in [-0.05, 0) is 42.5 Å². The molecule has 15 heavy (non-hydrogen) atoms. The van der Waals surface area contributed by atoms with Gasteiger partial charge in [-0.1, -0.05) is 6.42 Å². The Hall–Kier alpha value is -1.38. The van der Waals surface area contributed by atoms with Gasteiger partial charge < -0.3 is 4.74 Å². The SMILES string of the molecule is COC(=O)c1cc(F)cc(C2CCC2)c1. The smallest absolute Gasteiger partial charge is 0.337 e. The zero-order chi connectivity index (χ0) is 10.8. The van der Waals surface area contributed by atoms with E-state index in [4.69, 9.17) is 0 Å². The molecule has 0 heterocycles. The van der Waals surface area contributed by atoms with E-state index < -0.39 is 5.97 Å². The van der Waals surface area contributed by atoms with Crippen LogP contribution in [0.25, 0.3) is 0 Å². The average molecular weight is 208 g/mol. The predicted octanol–water partition coefficient (Wildman–Crippen LogP) is 2.88. The van der Waals surface area contributed by atoms with Crippen LogP contribution in [-0.2, 0) is 4.74 Å². The molecule has 3 heteroatoms. The molecule has 0 bridgehead atoms. The lowest BCUT2D eigenvalue weighted by atomic mass is 9.79. The van der Waals surface area contributed by atoms with Crippen molar-refractivity contribution < 1.29 is 13.9 Å². The molecule has 2 rings (SSSR count). The molecule has 1 aromatic carbocycles. The molecule has 1 aromatic rings. The standard InChI is InChI=1S/C12H13FO2/c1-15-12(14)10-5-9(6-11(13)7-10)8-3-2-4-8/h5-8H,2-4H2,1H3. The number of halogens is 1. The van der Waals surface area contributed by atoms with Gasteiger partial charge >= 0.3 is 5.97 Å². The first-order valence-corrected chi connectivity index (χ1v) is 5.09. The maximum Gasteiger partial charge on any atom is 0.337 e. The Balaban J connectivity index is 2.31. The molecule has 0 aliphatic heterocycles. The van der Waals surface area contributed by atoms with Crippen LogP contribution in [0.4, 0.5) is 4.39 Å². The Morgan fingerprint density at radius 2 is 2.13 bits per heavy atom. The zero-order valence-corrected chi connectivity index (χ0v) is 8.63. The van der Waals surface area contributed by atoms with E-state index in [9.17, 15) is 9.18 Å². The largest absolute Gasteiger partial charge is 0.465 e. The Labute approximate surface area is 88.1 Å². The fourth-order valence-electron chi connectivity index (χ4n) is 1.83. The van der Waals surface area contributed by atoms with Crippen LogP contribution in [0, 0.1) is 5.82 Å². The third-order valence-corrected chi connectivity index (χ3v) is 2.92. The molecule has 80 valence electrons. The van der Waals surface area contributed by atoms with E-state index in [0.717, 1.165) is 18.4 Å². The molecule has 1 aliphatic carbocycles. The van der Waals surface area contributed by atoms with E-state index in [1.165, 1.54) is 25.7 Å². The van der Waals surface area contributed by atoms with Crippen LogP contribution in [0.1, 0.15) is 41.1 Å². The van der Waals surface area contributed by atoms with Crippen LogP contribution in [-0.4, -0.2) is 13.1 Å². The summed E-state index contributed by atoms with van der Waals surface area (Å²) in [6.07, 6.45) is 3.36. The molecule has 1 saturated carbocycles. The number of methoxy groups -OCH3 is 1. The van der Waals surface area contributed by atoms with Crippen LogP contribution >= 0.6 is 0 Å². The van der Waals surface area contributed by atoms with Gasteiger partial charge in [0.25, 0.3) is 0 Å².